The van der Waals surface area contributed by atoms with E-state index in [4.69, 9.17) is 4.74 Å². The molecule has 2 aliphatic rings. The van der Waals surface area contributed by atoms with Crippen LogP contribution in [0.5, 0.6) is 5.75 Å². The summed E-state index contributed by atoms with van der Waals surface area (Å²) in [7, 11) is 1.53. The third-order valence-corrected chi connectivity index (χ3v) is 7.21. The fourth-order valence-electron chi connectivity index (χ4n) is 4.52. The van der Waals surface area contributed by atoms with Crippen molar-refractivity contribution in [3.63, 3.8) is 0 Å². The fourth-order valence-corrected chi connectivity index (χ4v) is 4.99. The minimum absolute atomic E-state index is 0.0595. The molecular weight excluding hydrogens is 452 g/mol. The number of rotatable bonds is 9. The van der Waals surface area contributed by atoms with E-state index in [2.05, 4.69) is 10.2 Å². The molecule has 1 aromatic rings. The van der Waals surface area contributed by atoms with Gasteiger partial charge in [-0.2, -0.15) is 11.8 Å². The van der Waals surface area contributed by atoms with E-state index in [0.29, 0.717) is 50.5 Å². The van der Waals surface area contributed by atoms with Gasteiger partial charge in [-0.3, -0.25) is 19.3 Å². The van der Waals surface area contributed by atoms with Crippen molar-refractivity contribution in [3.05, 3.63) is 29.8 Å². The minimum Gasteiger partial charge on any atom is -0.496 e. The lowest BCUT2D eigenvalue weighted by molar-refractivity contribution is -0.136. The maximum Gasteiger partial charge on any atom is 0.255 e. The number of hydrogen-bond acceptors (Lipinski definition) is 6. The van der Waals surface area contributed by atoms with Gasteiger partial charge in [0.25, 0.3) is 5.91 Å². The number of ether oxygens (including phenoxy) is 1. The molecule has 1 atom stereocenters. The first-order valence-electron chi connectivity index (χ1n) is 12.2. The Morgan fingerprint density at radius 1 is 0.971 bits per heavy atom. The van der Waals surface area contributed by atoms with Gasteiger partial charge in [0, 0.05) is 39.3 Å². The molecule has 34 heavy (non-hydrogen) atoms. The molecule has 2 saturated heterocycles. The van der Waals surface area contributed by atoms with Gasteiger partial charge in [-0.05, 0) is 43.4 Å². The number of nitrogens with zero attached hydrogens (tertiary/aromatic N) is 3. The van der Waals surface area contributed by atoms with Crippen LogP contribution in [-0.4, -0.2) is 103 Å². The highest BCUT2D eigenvalue weighted by atomic mass is 32.2. The number of thioether (sulfide) groups is 1. The smallest absolute Gasteiger partial charge is 0.255 e. The van der Waals surface area contributed by atoms with E-state index in [1.165, 1.54) is 20.0 Å². The molecule has 1 unspecified atom stereocenters. The summed E-state index contributed by atoms with van der Waals surface area (Å²) in [5, 5.41) is 2.93. The normalized spacial score (nSPS) is 18.2. The summed E-state index contributed by atoms with van der Waals surface area (Å²) in [6.45, 7) is 4.60. The van der Waals surface area contributed by atoms with Gasteiger partial charge in [-0.25, -0.2) is 0 Å². The number of piperazine rings is 1. The Kier molecular flexibility index (Phi) is 10.5. The van der Waals surface area contributed by atoms with E-state index < -0.39 is 6.04 Å². The molecule has 0 aliphatic carbocycles. The molecule has 9 heteroatoms. The molecule has 2 aliphatic heterocycles. The molecule has 0 aromatic heterocycles. The number of benzene rings is 1. The van der Waals surface area contributed by atoms with Gasteiger partial charge in [0.2, 0.25) is 11.8 Å². The Morgan fingerprint density at radius 2 is 1.65 bits per heavy atom. The van der Waals surface area contributed by atoms with Crippen LogP contribution in [0.2, 0.25) is 0 Å². The second-order valence-electron chi connectivity index (χ2n) is 8.90. The molecule has 0 saturated carbocycles. The molecule has 0 radical (unpaired) electrons. The van der Waals surface area contributed by atoms with Gasteiger partial charge in [0.05, 0.1) is 19.2 Å². The van der Waals surface area contributed by atoms with Gasteiger partial charge in [-0.1, -0.05) is 25.0 Å². The highest BCUT2D eigenvalue weighted by molar-refractivity contribution is 7.98. The number of likely N-dealkylation sites (tertiary alicyclic amines) is 1. The van der Waals surface area contributed by atoms with Gasteiger partial charge in [0.1, 0.15) is 11.8 Å². The van der Waals surface area contributed by atoms with Gasteiger partial charge >= 0.3 is 0 Å². The van der Waals surface area contributed by atoms with Gasteiger partial charge in [-0.15, -0.1) is 0 Å². The van der Waals surface area contributed by atoms with Crippen LogP contribution in [0, 0.1) is 0 Å². The molecule has 0 bridgehead atoms. The predicted octanol–water partition coefficient (Wildman–Crippen LogP) is 2.09. The van der Waals surface area contributed by atoms with Crippen molar-refractivity contribution in [2.45, 2.75) is 38.1 Å². The number of hydrogen-bond donors (Lipinski definition) is 1. The van der Waals surface area contributed by atoms with E-state index in [-0.39, 0.29) is 17.7 Å². The van der Waals surface area contributed by atoms with E-state index in [0.717, 1.165) is 31.7 Å². The highest BCUT2D eigenvalue weighted by Gasteiger charge is 2.30. The monoisotopic (exact) mass is 490 g/mol. The summed E-state index contributed by atoms with van der Waals surface area (Å²) in [6.07, 6.45) is 7.14. The Morgan fingerprint density at radius 3 is 2.29 bits per heavy atom. The standard InChI is InChI=1S/C25H38N4O4S/c1-33-22-10-6-5-9-20(22)24(31)26-21(11-18-34-2)25(32)29-16-14-27(15-17-29)19-23(30)28-12-7-3-4-8-13-28/h5-6,9-10,21H,3-4,7-8,11-19H2,1-2H3,(H,26,31). The molecule has 2 fully saturated rings. The quantitative estimate of drug-likeness (QED) is 0.571. The lowest BCUT2D eigenvalue weighted by Crippen LogP contribution is -2.56. The van der Waals surface area contributed by atoms with Crippen molar-refractivity contribution in [1.82, 2.24) is 20.0 Å². The van der Waals surface area contributed by atoms with Gasteiger partial charge in [0.15, 0.2) is 0 Å². The zero-order valence-corrected chi connectivity index (χ0v) is 21.3. The molecule has 1 aromatic carbocycles. The van der Waals surface area contributed by atoms with E-state index in [1.54, 1.807) is 30.0 Å². The first-order chi connectivity index (χ1) is 16.5. The fraction of sp³-hybridized carbons (Fsp3) is 0.640. The first kappa shape index (κ1) is 26.3. The van der Waals surface area contributed by atoms with E-state index >= 15 is 0 Å². The topological polar surface area (TPSA) is 82.2 Å². The largest absolute Gasteiger partial charge is 0.496 e. The van der Waals surface area contributed by atoms with Crippen molar-refractivity contribution >= 4 is 29.5 Å². The molecular formula is C25H38N4O4S. The van der Waals surface area contributed by atoms with Crippen molar-refractivity contribution in [3.8, 4) is 5.75 Å². The average Bonchev–Trinajstić information content (AvgIpc) is 3.16. The zero-order chi connectivity index (χ0) is 24.3. The van der Waals surface area contributed by atoms with E-state index in [1.807, 2.05) is 22.1 Å². The third kappa shape index (κ3) is 7.37. The Hall–Kier alpha value is -2.26. The molecule has 2 heterocycles. The molecule has 3 amide bonds. The number of amides is 3. The van der Waals surface area contributed by atoms with Crippen molar-refractivity contribution < 1.29 is 19.1 Å². The van der Waals surface area contributed by atoms with Crippen LogP contribution in [0.25, 0.3) is 0 Å². The van der Waals surface area contributed by atoms with Gasteiger partial charge < -0.3 is 19.9 Å². The molecule has 1 N–H and O–H groups in total. The van der Waals surface area contributed by atoms with Crippen molar-refractivity contribution in [2.24, 2.45) is 0 Å². The molecule has 3 rings (SSSR count). The maximum atomic E-state index is 13.3. The van der Waals surface area contributed by atoms with Crippen LogP contribution >= 0.6 is 11.8 Å². The molecule has 0 spiro atoms. The summed E-state index contributed by atoms with van der Waals surface area (Å²) >= 11 is 1.65. The van der Waals surface area contributed by atoms with Crippen LogP contribution < -0.4 is 10.1 Å². The van der Waals surface area contributed by atoms with Crippen LogP contribution in [0.15, 0.2) is 24.3 Å². The third-order valence-electron chi connectivity index (χ3n) is 6.57. The zero-order valence-electron chi connectivity index (χ0n) is 20.5. The first-order valence-corrected chi connectivity index (χ1v) is 13.6. The lowest BCUT2D eigenvalue weighted by atomic mass is 10.1. The SMILES string of the molecule is COc1ccccc1C(=O)NC(CCSC)C(=O)N1CCN(CC(=O)N2CCCCCC2)CC1. The minimum atomic E-state index is -0.588. The molecule has 8 nitrogen and oxygen atoms in total. The van der Waals surface area contributed by atoms with Crippen molar-refractivity contribution in [1.29, 1.82) is 0 Å². The number of methoxy groups -OCH3 is 1. The van der Waals surface area contributed by atoms with Crippen molar-refractivity contribution in [2.75, 3.05) is 64.9 Å². The summed E-state index contributed by atoms with van der Waals surface area (Å²) in [5.41, 5.74) is 0.420. The Bertz CT molecular complexity index is 821. The molecule has 188 valence electrons. The van der Waals surface area contributed by atoms with E-state index in [9.17, 15) is 14.4 Å². The lowest BCUT2D eigenvalue weighted by Gasteiger charge is -2.37. The van der Waals surface area contributed by atoms with Crippen LogP contribution in [-0.2, 0) is 9.59 Å². The maximum absolute atomic E-state index is 13.3. The van der Waals surface area contributed by atoms with Crippen LogP contribution in [0.4, 0.5) is 0 Å². The summed E-state index contributed by atoms with van der Waals surface area (Å²) < 4.78 is 5.30. The predicted molar refractivity (Wildman–Crippen MR) is 135 cm³/mol. The number of carbonyl (C=O) groups is 3. The summed E-state index contributed by atoms with van der Waals surface area (Å²) in [4.78, 5) is 44.9. The van der Waals surface area contributed by atoms with Crippen LogP contribution in [0.3, 0.4) is 0 Å². The average molecular weight is 491 g/mol. The summed E-state index contributed by atoms with van der Waals surface area (Å²) in [5.74, 6) is 1.09. The number of carbonyl (C=O) groups excluding carboxylic acids is 3. The highest BCUT2D eigenvalue weighted by Crippen LogP contribution is 2.18. The Balaban J connectivity index is 1.54. The second-order valence-corrected chi connectivity index (χ2v) is 9.89. The van der Waals surface area contributed by atoms with Crippen LogP contribution in [0.1, 0.15) is 42.5 Å². The number of nitrogens with one attached hydrogen (secondary N) is 1. The Labute approximate surface area is 207 Å². The summed E-state index contributed by atoms with van der Waals surface area (Å²) in [6, 6.07) is 6.44. The second kappa shape index (κ2) is 13.6. The number of para-hydroxylation sites is 1.